The van der Waals surface area contributed by atoms with Gasteiger partial charge in [0, 0.05) is 25.6 Å². The Morgan fingerprint density at radius 2 is 2.00 bits per heavy atom. The largest absolute Gasteiger partial charge is 0.392 e. The molecule has 0 aliphatic rings. The maximum absolute atomic E-state index is 11.1. The Balaban J connectivity index is 3.27. The van der Waals surface area contributed by atoms with Crippen molar-refractivity contribution in [3.8, 4) is 0 Å². The van der Waals surface area contributed by atoms with Gasteiger partial charge in [-0.25, -0.2) is 0 Å². The van der Waals surface area contributed by atoms with Crippen LogP contribution in [-0.4, -0.2) is 36.2 Å². The van der Waals surface area contributed by atoms with Gasteiger partial charge in [0.25, 0.3) is 0 Å². The molecule has 0 rings (SSSR count). The summed E-state index contributed by atoms with van der Waals surface area (Å²) in [6.07, 6.45) is 0.110. The number of carbonyl (C=O) groups excluding carboxylic acids is 1. The van der Waals surface area contributed by atoms with Gasteiger partial charge in [-0.2, -0.15) is 0 Å². The highest BCUT2D eigenvalue weighted by Crippen LogP contribution is 1.82. The number of aliphatic hydroxyl groups is 1. The van der Waals surface area contributed by atoms with E-state index in [0.29, 0.717) is 19.5 Å². The third kappa shape index (κ3) is 9.30. The molecule has 78 valence electrons. The molecule has 0 aromatic carbocycles. The van der Waals surface area contributed by atoms with E-state index in [4.69, 9.17) is 5.11 Å². The third-order valence-corrected chi connectivity index (χ3v) is 1.42. The molecular formula is C9H20N2O2. The van der Waals surface area contributed by atoms with Crippen molar-refractivity contribution in [2.45, 2.75) is 39.3 Å². The van der Waals surface area contributed by atoms with E-state index in [-0.39, 0.29) is 18.1 Å². The molecule has 0 fully saturated rings. The monoisotopic (exact) mass is 188 g/mol. The lowest BCUT2D eigenvalue weighted by molar-refractivity contribution is -0.121. The van der Waals surface area contributed by atoms with Crippen LogP contribution in [0.3, 0.4) is 0 Å². The highest BCUT2D eigenvalue weighted by molar-refractivity contribution is 5.76. The number of carbonyl (C=O) groups is 1. The smallest absolute Gasteiger partial charge is 0.221 e. The molecule has 0 aromatic heterocycles. The maximum atomic E-state index is 11.1. The second-order valence-electron chi connectivity index (χ2n) is 3.53. The summed E-state index contributed by atoms with van der Waals surface area (Å²) in [6, 6.07) is 0.198. The molecule has 0 saturated carbocycles. The lowest BCUT2D eigenvalue weighted by atomic mass is 10.3. The van der Waals surface area contributed by atoms with Crippen LogP contribution < -0.4 is 10.6 Å². The van der Waals surface area contributed by atoms with Crippen molar-refractivity contribution < 1.29 is 9.90 Å². The third-order valence-electron chi connectivity index (χ3n) is 1.42. The summed E-state index contributed by atoms with van der Waals surface area (Å²) < 4.78 is 0. The summed E-state index contributed by atoms with van der Waals surface area (Å²) in [5.74, 6) is 0.0492. The highest BCUT2D eigenvalue weighted by Gasteiger charge is 2.02. The fourth-order valence-corrected chi connectivity index (χ4v) is 0.907. The summed E-state index contributed by atoms with van der Waals surface area (Å²) in [4.78, 5) is 11.1. The molecule has 0 spiro atoms. The van der Waals surface area contributed by atoms with E-state index in [1.54, 1.807) is 6.92 Å². The summed E-state index contributed by atoms with van der Waals surface area (Å²) >= 11 is 0. The first-order valence-corrected chi connectivity index (χ1v) is 4.70. The molecule has 0 aliphatic carbocycles. The molecule has 13 heavy (non-hydrogen) atoms. The van der Waals surface area contributed by atoms with Crippen LogP contribution in [-0.2, 0) is 4.79 Å². The van der Waals surface area contributed by atoms with E-state index in [1.807, 2.05) is 13.8 Å². The molecule has 1 amide bonds. The molecule has 0 heterocycles. The zero-order valence-corrected chi connectivity index (χ0v) is 8.63. The molecule has 0 bridgehead atoms. The summed E-state index contributed by atoms with van der Waals surface area (Å²) in [5.41, 5.74) is 0. The van der Waals surface area contributed by atoms with Crippen molar-refractivity contribution in [3.63, 3.8) is 0 Å². The van der Waals surface area contributed by atoms with Gasteiger partial charge in [0.05, 0.1) is 6.10 Å². The second kappa shape index (κ2) is 6.86. The fraction of sp³-hybridized carbons (Fsp3) is 0.889. The Kier molecular flexibility index (Phi) is 6.54. The van der Waals surface area contributed by atoms with Gasteiger partial charge in [-0.15, -0.1) is 0 Å². The predicted molar refractivity (Wildman–Crippen MR) is 52.4 cm³/mol. The Morgan fingerprint density at radius 3 is 2.46 bits per heavy atom. The molecule has 0 unspecified atom stereocenters. The van der Waals surface area contributed by atoms with Crippen LogP contribution >= 0.6 is 0 Å². The maximum Gasteiger partial charge on any atom is 0.221 e. The van der Waals surface area contributed by atoms with E-state index in [0.717, 1.165) is 0 Å². The van der Waals surface area contributed by atoms with Gasteiger partial charge in [-0.3, -0.25) is 4.79 Å². The quantitative estimate of drug-likeness (QED) is 0.509. The van der Waals surface area contributed by atoms with E-state index in [2.05, 4.69) is 10.6 Å². The number of rotatable bonds is 6. The van der Waals surface area contributed by atoms with Crippen LogP contribution in [0.15, 0.2) is 0 Å². The zero-order valence-electron chi connectivity index (χ0n) is 8.63. The minimum absolute atomic E-state index is 0.0492. The normalized spacial score (nSPS) is 13.0. The Morgan fingerprint density at radius 1 is 1.38 bits per heavy atom. The molecule has 4 heteroatoms. The van der Waals surface area contributed by atoms with Crippen LogP contribution in [0.25, 0.3) is 0 Å². The van der Waals surface area contributed by atoms with Gasteiger partial charge in [-0.05, 0) is 20.8 Å². The standard InChI is InChI=1S/C9H20N2O2/c1-7(2)11-9(13)4-5-10-6-8(3)12/h7-8,10,12H,4-6H2,1-3H3,(H,11,13)/t8-/m1/s1. The number of aliphatic hydroxyl groups excluding tert-OH is 1. The summed E-state index contributed by atoms with van der Waals surface area (Å²) in [7, 11) is 0. The Hall–Kier alpha value is -0.610. The minimum atomic E-state index is -0.354. The Bertz CT molecular complexity index is 147. The van der Waals surface area contributed by atoms with Crippen LogP contribution in [0.4, 0.5) is 0 Å². The van der Waals surface area contributed by atoms with Crippen molar-refractivity contribution in [1.82, 2.24) is 10.6 Å². The number of hydrogen-bond donors (Lipinski definition) is 3. The van der Waals surface area contributed by atoms with Crippen LogP contribution in [0, 0.1) is 0 Å². The van der Waals surface area contributed by atoms with Gasteiger partial charge < -0.3 is 15.7 Å². The van der Waals surface area contributed by atoms with Gasteiger partial charge in [0.15, 0.2) is 0 Å². The van der Waals surface area contributed by atoms with Crippen molar-refractivity contribution in [2.75, 3.05) is 13.1 Å². The van der Waals surface area contributed by atoms with Crippen LogP contribution in [0.5, 0.6) is 0 Å². The molecule has 0 saturated heterocycles. The van der Waals surface area contributed by atoms with Crippen LogP contribution in [0.2, 0.25) is 0 Å². The molecule has 3 N–H and O–H groups in total. The number of nitrogens with one attached hydrogen (secondary N) is 2. The van der Waals surface area contributed by atoms with Crippen LogP contribution in [0.1, 0.15) is 27.2 Å². The SMILES string of the molecule is CC(C)NC(=O)CCNC[C@@H](C)O. The predicted octanol–water partition coefficient (Wildman–Crippen LogP) is -0.128. The van der Waals surface area contributed by atoms with Crippen molar-refractivity contribution in [2.24, 2.45) is 0 Å². The van der Waals surface area contributed by atoms with Gasteiger partial charge in [0.2, 0.25) is 5.91 Å². The molecular weight excluding hydrogens is 168 g/mol. The number of amides is 1. The highest BCUT2D eigenvalue weighted by atomic mass is 16.3. The topological polar surface area (TPSA) is 61.4 Å². The molecule has 0 aromatic rings. The van der Waals surface area contributed by atoms with Crippen molar-refractivity contribution in [1.29, 1.82) is 0 Å². The Labute approximate surface area is 79.7 Å². The average molecular weight is 188 g/mol. The van der Waals surface area contributed by atoms with E-state index in [1.165, 1.54) is 0 Å². The summed E-state index contributed by atoms with van der Waals surface area (Å²) in [5, 5.41) is 14.7. The van der Waals surface area contributed by atoms with Gasteiger partial charge >= 0.3 is 0 Å². The average Bonchev–Trinajstić information content (AvgIpc) is 1.96. The van der Waals surface area contributed by atoms with E-state index >= 15 is 0 Å². The molecule has 4 nitrogen and oxygen atoms in total. The molecule has 0 aliphatic heterocycles. The number of hydrogen-bond acceptors (Lipinski definition) is 3. The molecule has 1 atom stereocenters. The van der Waals surface area contributed by atoms with Crippen molar-refractivity contribution >= 4 is 5.91 Å². The first-order valence-electron chi connectivity index (χ1n) is 4.70. The van der Waals surface area contributed by atoms with Crippen molar-refractivity contribution in [3.05, 3.63) is 0 Å². The molecule has 0 radical (unpaired) electrons. The first kappa shape index (κ1) is 12.4. The second-order valence-corrected chi connectivity index (χ2v) is 3.53. The lowest BCUT2D eigenvalue weighted by Crippen LogP contribution is -2.34. The lowest BCUT2D eigenvalue weighted by Gasteiger charge is -2.09. The first-order chi connectivity index (χ1) is 6.02. The fourth-order valence-electron chi connectivity index (χ4n) is 0.907. The minimum Gasteiger partial charge on any atom is -0.392 e. The van der Waals surface area contributed by atoms with E-state index < -0.39 is 0 Å². The van der Waals surface area contributed by atoms with Gasteiger partial charge in [-0.1, -0.05) is 0 Å². The zero-order chi connectivity index (χ0) is 10.3. The van der Waals surface area contributed by atoms with Gasteiger partial charge in [0.1, 0.15) is 0 Å². The van der Waals surface area contributed by atoms with E-state index in [9.17, 15) is 4.79 Å². The summed E-state index contributed by atoms with van der Waals surface area (Å²) in [6.45, 7) is 6.72.